The number of rotatable bonds is 5. The highest BCUT2D eigenvalue weighted by atomic mass is 32.2. The van der Waals surface area contributed by atoms with E-state index in [1.165, 1.54) is 4.31 Å². The molecule has 0 bridgehead atoms. The van der Waals surface area contributed by atoms with Crippen molar-refractivity contribution in [3.63, 3.8) is 0 Å². The first-order valence-electron chi connectivity index (χ1n) is 8.97. The van der Waals surface area contributed by atoms with Crippen molar-refractivity contribution in [3.05, 3.63) is 83.9 Å². The smallest absolute Gasteiger partial charge is 0.264 e. The van der Waals surface area contributed by atoms with Crippen LogP contribution >= 0.6 is 0 Å². The molecule has 6 heteroatoms. The summed E-state index contributed by atoms with van der Waals surface area (Å²) in [5.74, 6) is 0.760. The number of nitrogens with zero attached hydrogens (tertiary/aromatic N) is 2. The second-order valence-electron chi connectivity index (χ2n) is 6.48. The first-order valence-corrected chi connectivity index (χ1v) is 10.4. The van der Waals surface area contributed by atoms with Gasteiger partial charge in [0, 0.05) is 12.8 Å². The molecule has 1 heterocycles. The maximum atomic E-state index is 13.0. The summed E-state index contributed by atoms with van der Waals surface area (Å²) in [6, 6.07) is 21.8. The number of anilines is 1. The maximum Gasteiger partial charge on any atom is 0.264 e. The summed E-state index contributed by atoms with van der Waals surface area (Å²) in [6.45, 7) is 0.470. The lowest BCUT2D eigenvalue weighted by Crippen LogP contribution is -2.29. The molecule has 1 aliphatic heterocycles. The number of benzene rings is 3. The molecule has 3 aromatic rings. The van der Waals surface area contributed by atoms with Crippen LogP contribution in [0.5, 0.6) is 5.75 Å². The van der Waals surface area contributed by atoms with Crippen LogP contribution < -0.4 is 9.04 Å². The van der Waals surface area contributed by atoms with Crippen LogP contribution in [0.4, 0.5) is 11.4 Å². The third kappa shape index (κ3) is 3.51. The van der Waals surface area contributed by atoms with Gasteiger partial charge in [-0.25, -0.2) is 8.42 Å². The van der Waals surface area contributed by atoms with Crippen molar-refractivity contribution in [2.24, 2.45) is 4.99 Å². The number of ether oxygens (including phenoxy) is 1. The zero-order valence-electron chi connectivity index (χ0n) is 15.4. The Balaban J connectivity index is 1.55. The fourth-order valence-electron chi connectivity index (χ4n) is 3.26. The van der Waals surface area contributed by atoms with E-state index < -0.39 is 10.0 Å². The van der Waals surface area contributed by atoms with Crippen molar-refractivity contribution in [3.8, 4) is 5.75 Å². The van der Waals surface area contributed by atoms with Gasteiger partial charge in [0.05, 0.1) is 23.4 Å². The standard InChI is InChI=1S/C22H20N2O3S/c1-27-20-7-4-5-17(15-20)16-23-19-9-11-21(12-10-19)28(25,26)24-14-13-18-6-2-3-8-22(18)24/h2-12,15-16H,13-14H2,1H3. The van der Waals surface area contributed by atoms with E-state index in [1.54, 1.807) is 37.6 Å². The molecule has 0 saturated heterocycles. The Hall–Kier alpha value is -3.12. The largest absolute Gasteiger partial charge is 0.497 e. The van der Waals surface area contributed by atoms with Crippen LogP contribution in [-0.4, -0.2) is 28.3 Å². The fourth-order valence-corrected chi connectivity index (χ4v) is 4.76. The van der Waals surface area contributed by atoms with E-state index in [-0.39, 0.29) is 4.90 Å². The molecule has 1 aliphatic rings. The van der Waals surface area contributed by atoms with Gasteiger partial charge in [0.15, 0.2) is 0 Å². The molecule has 28 heavy (non-hydrogen) atoms. The van der Waals surface area contributed by atoms with E-state index in [0.29, 0.717) is 12.2 Å². The summed E-state index contributed by atoms with van der Waals surface area (Å²) in [4.78, 5) is 4.69. The number of fused-ring (bicyclic) bond motifs is 1. The Morgan fingerprint density at radius 2 is 1.79 bits per heavy atom. The third-order valence-electron chi connectivity index (χ3n) is 4.73. The normalized spacial score (nSPS) is 13.7. The second kappa shape index (κ2) is 7.48. The van der Waals surface area contributed by atoms with Gasteiger partial charge in [-0.15, -0.1) is 0 Å². The van der Waals surface area contributed by atoms with Gasteiger partial charge in [0.1, 0.15) is 5.75 Å². The third-order valence-corrected chi connectivity index (χ3v) is 6.55. The van der Waals surface area contributed by atoms with E-state index in [9.17, 15) is 8.42 Å². The summed E-state index contributed by atoms with van der Waals surface area (Å²) < 4.78 is 32.7. The van der Waals surface area contributed by atoms with Crippen LogP contribution in [0.2, 0.25) is 0 Å². The molecule has 0 N–H and O–H groups in total. The van der Waals surface area contributed by atoms with Crippen molar-refractivity contribution in [2.75, 3.05) is 18.0 Å². The van der Waals surface area contributed by atoms with Crippen molar-refractivity contribution in [1.82, 2.24) is 0 Å². The highest BCUT2D eigenvalue weighted by Gasteiger charge is 2.30. The van der Waals surface area contributed by atoms with E-state index in [1.807, 2.05) is 48.5 Å². The summed E-state index contributed by atoms with van der Waals surface area (Å²) >= 11 is 0. The molecule has 3 aromatic carbocycles. The molecule has 0 atom stereocenters. The molecule has 5 nitrogen and oxygen atoms in total. The van der Waals surface area contributed by atoms with Gasteiger partial charge in [-0.05, 0) is 60.0 Å². The van der Waals surface area contributed by atoms with Crippen LogP contribution in [0.25, 0.3) is 0 Å². The van der Waals surface area contributed by atoms with Gasteiger partial charge in [-0.2, -0.15) is 0 Å². The number of hydrogen-bond donors (Lipinski definition) is 0. The molecular formula is C22H20N2O3S. The number of hydrogen-bond acceptors (Lipinski definition) is 4. The monoisotopic (exact) mass is 392 g/mol. The Bertz CT molecular complexity index is 1120. The first kappa shape index (κ1) is 18.3. The Morgan fingerprint density at radius 1 is 1.00 bits per heavy atom. The maximum absolute atomic E-state index is 13.0. The second-order valence-corrected chi connectivity index (χ2v) is 8.35. The summed E-state index contributed by atoms with van der Waals surface area (Å²) in [5, 5.41) is 0. The number of methoxy groups -OCH3 is 1. The molecule has 0 fully saturated rings. The molecule has 142 valence electrons. The van der Waals surface area contributed by atoms with Crippen molar-refractivity contribution in [2.45, 2.75) is 11.3 Å². The van der Waals surface area contributed by atoms with Crippen LogP contribution in [0.1, 0.15) is 11.1 Å². The molecular weight excluding hydrogens is 372 g/mol. The quantitative estimate of drug-likeness (QED) is 0.612. The highest BCUT2D eigenvalue weighted by Crippen LogP contribution is 2.33. The minimum Gasteiger partial charge on any atom is -0.497 e. The lowest BCUT2D eigenvalue weighted by Gasteiger charge is -2.19. The number of aliphatic imine (C=N–C) groups is 1. The average Bonchev–Trinajstić information content (AvgIpc) is 3.18. The van der Waals surface area contributed by atoms with Gasteiger partial charge >= 0.3 is 0 Å². The zero-order valence-corrected chi connectivity index (χ0v) is 16.3. The van der Waals surface area contributed by atoms with E-state index in [2.05, 4.69) is 4.99 Å². The van der Waals surface area contributed by atoms with Gasteiger partial charge < -0.3 is 4.74 Å². The van der Waals surface area contributed by atoms with Crippen molar-refractivity contribution >= 4 is 27.6 Å². The van der Waals surface area contributed by atoms with Crippen LogP contribution in [-0.2, 0) is 16.4 Å². The van der Waals surface area contributed by atoms with Gasteiger partial charge in [-0.1, -0.05) is 30.3 Å². The van der Waals surface area contributed by atoms with E-state index in [4.69, 9.17) is 4.74 Å². The molecule has 0 amide bonds. The molecule has 0 aliphatic carbocycles. The van der Waals surface area contributed by atoms with Crippen molar-refractivity contribution in [1.29, 1.82) is 0 Å². The van der Waals surface area contributed by atoms with Crippen LogP contribution in [0.15, 0.2) is 82.7 Å². The minimum absolute atomic E-state index is 0.268. The Morgan fingerprint density at radius 3 is 2.57 bits per heavy atom. The molecule has 0 aromatic heterocycles. The highest BCUT2D eigenvalue weighted by molar-refractivity contribution is 7.92. The van der Waals surface area contributed by atoms with Crippen LogP contribution in [0, 0.1) is 0 Å². The SMILES string of the molecule is COc1cccc(C=Nc2ccc(S(=O)(=O)N3CCc4ccccc43)cc2)c1. The van der Waals surface area contributed by atoms with Gasteiger partial charge in [0.25, 0.3) is 10.0 Å². The zero-order chi connectivity index (χ0) is 19.6. The molecule has 0 saturated carbocycles. The van der Waals surface area contributed by atoms with E-state index >= 15 is 0 Å². The lowest BCUT2D eigenvalue weighted by molar-refractivity contribution is 0.415. The summed E-state index contributed by atoms with van der Waals surface area (Å²) in [5.41, 5.74) is 3.42. The average molecular weight is 392 g/mol. The molecule has 0 spiro atoms. The lowest BCUT2D eigenvalue weighted by atomic mass is 10.2. The van der Waals surface area contributed by atoms with Gasteiger partial charge in [-0.3, -0.25) is 9.30 Å². The Labute approximate surface area is 165 Å². The predicted octanol–water partition coefficient (Wildman–Crippen LogP) is 4.20. The summed E-state index contributed by atoms with van der Waals surface area (Å²) in [7, 11) is -1.96. The Kier molecular flexibility index (Phi) is 4.88. The van der Waals surface area contributed by atoms with Crippen LogP contribution in [0.3, 0.4) is 0 Å². The topological polar surface area (TPSA) is 59.0 Å². The number of para-hydroxylation sites is 1. The summed E-state index contributed by atoms with van der Waals surface area (Å²) in [6.07, 6.45) is 2.46. The predicted molar refractivity (Wildman–Crippen MR) is 111 cm³/mol. The molecule has 0 radical (unpaired) electrons. The first-order chi connectivity index (χ1) is 13.6. The molecule has 0 unspecified atom stereocenters. The fraction of sp³-hybridized carbons (Fsp3) is 0.136. The van der Waals surface area contributed by atoms with E-state index in [0.717, 1.165) is 29.0 Å². The van der Waals surface area contributed by atoms with Crippen molar-refractivity contribution < 1.29 is 13.2 Å². The number of sulfonamides is 1. The molecule has 4 rings (SSSR count). The van der Waals surface area contributed by atoms with Gasteiger partial charge in [0.2, 0.25) is 0 Å². The minimum atomic E-state index is -3.58.